The molecule has 19 heavy (non-hydrogen) atoms. The molecule has 0 bridgehead atoms. The summed E-state index contributed by atoms with van der Waals surface area (Å²) in [6.45, 7) is 0. The second kappa shape index (κ2) is 5.58. The minimum Gasteiger partial charge on any atom is -0.497 e. The van der Waals surface area contributed by atoms with Crippen molar-refractivity contribution in [1.29, 1.82) is 0 Å². The fraction of sp³-hybridized carbons (Fsp3) is 0.250. The zero-order valence-corrected chi connectivity index (χ0v) is 11.9. The second-order valence-corrected chi connectivity index (χ2v) is 6.46. The summed E-state index contributed by atoms with van der Waals surface area (Å²) in [6.07, 6.45) is 1.59. The fourth-order valence-corrected chi connectivity index (χ4v) is 3.06. The van der Waals surface area contributed by atoms with Crippen LogP contribution in [0.4, 0.5) is 0 Å². The molecule has 0 aliphatic carbocycles. The number of hydrogen-bond acceptors (Lipinski definition) is 5. The lowest BCUT2D eigenvalue weighted by Gasteiger charge is -2.10. The van der Waals surface area contributed by atoms with Gasteiger partial charge < -0.3 is 14.8 Å². The van der Waals surface area contributed by atoms with Crippen LogP contribution in [0.5, 0.6) is 11.5 Å². The van der Waals surface area contributed by atoms with Crippen LogP contribution >= 0.6 is 12.2 Å². The Morgan fingerprint density at radius 2 is 2.11 bits per heavy atom. The van der Waals surface area contributed by atoms with Gasteiger partial charge in [0.1, 0.15) is 11.5 Å². The van der Waals surface area contributed by atoms with Crippen LogP contribution in [0.2, 0.25) is 0 Å². The predicted octanol–water partition coefficient (Wildman–Crippen LogP) is 1.26. The summed E-state index contributed by atoms with van der Waals surface area (Å²) in [5.74, 6) is 1.19. The van der Waals surface area contributed by atoms with Crippen LogP contribution in [0.3, 0.4) is 0 Å². The Labute approximate surface area is 117 Å². The van der Waals surface area contributed by atoms with Crippen molar-refractivity contribution in [3.05, 3.63) is 36.0 Å². The highest BCUT2D eigenvalue weighted by Gasteiger charge is 2.20. The van der Waals surface area contributed by atoms with Crippen molar-refractivity contribution in [3.63, 3.8) is 0 Å². The fourth-order valence-electron chi connectivity index (χ4n) is 1.60. The molecule has 0 atom stereocenters. The quantitative estimate of drug-likeness (QED) is 0.848. The SMILES string of the molecule is COc1cccc(OC(=S)NC2=CCS(=O)(=O)C2)c1. The molecule has 2 rings (SSSR count). The summed E-state index contributed by atoms with van der Waals surface area (Å²) in [5, 5.41) is 2.88. The van der Waals surface area contributed by atoms with E-state index in [1.165, 1.54) is 0 Å². The van der Waals surface area contributed by atoms with E-state index in [0.29, 0.717) is 17.2 Å². The van der Waals surface area contributed by atoms with Crippen molar-refractivity contribution >= 4 is 27.2 Å². The van der Waals surface area contributed by atoms with Crippen molar-refractivity contribution in [2.24, 2.45) is 0 Å². The summed E-state index contributed by atoms with van der Waals surface area (Å²) in [5.41, 5.74) is 0.549. The molecule has 1 aromatic carbocycles. The van der Waals surface area contributed by atoms with E-state index in [2.05, 4.69) is 5.32 Å². The average molecular weight is 299 g/mol. The molecule has 0 unspecified atom stereocenters. The van der Waals surface area contributed by atoms with Gasteiger partial charge in [-0.15, -0.1) is 0 Å². The molecule has 102 valence electrons. The number of methoxy groups -OCH3 is 1. The van der Waals surface area contributed by atoms with Gasteiger partial charge in [-0.05, 0) is 30.4 Å². The molecule has 0 fully saturated rings. The highest BCUT2D eigenvalue weighted by molar-refractivity contribution is 7.92. The first kappa shape index (κ1) is 13.8. The van der Waals surface area contributed by atoms with E-state index in [1.807, 2.05) is 0 Å². The maximum Gasteiger partial charge on any atom is 0.266 e. The number of hydrogen-bond donors (Lipinski definition) is 1. The van der Waals surface area contributed by atoms with Gasteiger partial charge in [0.15, 0.2) is 9.84 Å². The number of ether oxygens (including phenoxy) is 2. The number of rotatable bonds is 3. The Bertz CT molecular complexity index is 622. The molecule has 0 spiro atoms. The van der Waals surface area contributed by atoms with Gasteiger partial charge in [0.05, 0.1) is 18.6 Å². The molecule has 1 aromatic rings. The average Bonchev–Trinajstić information content (AvgIpc) is 2.68. The van der Waals surface area contributed by atoms with Crippen molar-refractivity contribution in [3.8, 4) is 11.5 Å². The predicted molar refractivity (Wildman–Crippen MR) is 76.1 cm³/mol. The van der Waals surface area contributed by atoms with Gasteiger partial charge in [-0.2, -0.15) is 0 Å². The third kappa shape index (κ3) is 3.93. The maximum atomic E-state index is 11.3. The van der Waals surface area contributed by atoms with Crippen LogP contribution in [0.1, 0.15) is 0 Å². The molecule has 0 amide bonds. The zero-order valence-electron chi connectivity index (χ0n) is 10.3. The van der Waals surface area contributed by atoms with Gasteiger partial charge in [-0.3, -0.25) is 0 Å². The first-order valence-corrected chi connectivity index (χ1v) is 7.74. The Morgan fingerprint density at radius 3 is 2.74 bits per heavy atom. The van der Waals surface area contributed by atoms with E-state index in [9.17, 15) is 8.42 Å². The van der Waals surface area contributed by atoms with Gasteiger partial charge in [0.2, 0.25) is 0 Å². The number of benzene rings is 1. The van der Waals surface area contributed by atoms with Crippen LogP contribution < -0.4 is 14.8 Å². The topological polar surface area (TPSA) is 64.6 Å². The molecule has 0 aromatic heterocycles. The lowest BCUT2D eigenvalue weighted by Crippen LogP contribution is -2.27. The molecule has 5 nitrogen and oxygen atoms in total. The molecule has 0 saturated carbocycles. The second-order valence-electron chi connectivity index (χ2n) is 3.98. The largest absolute Gasteiger partial charge is 0.497 e. The molecule has 0 saturated heterocycles. The third-order valence-electron chi connectivity index (χ3n) is 2.47. The Morgan fingerprint density at radius 1 is 1.37 bits per heavy atom. The van der Waals surface area contributed by atoms with Crippen molar-refractivity contribution in [1.82, 2.24) is 5.32 Å². The number of sulfone groups is 1. The highest BCUT2D eigenvalue weighted by atomic mass is 32.2. The van der Waals surface area contributed by atoms with Crippen LogP contribution in [-0.4, -0.2) is 32.2 Å². The molecular formula is C12H13NO4S2. The van der Waals surface area contributed by atoms with Crippen molar-refractivity contribution < 1.29 is 17.9 Å². The molecule has 1 aliphatic rings. The van der Waals surface area contributed by atoms with Crippen molar-refractivity contribution in [2.45, 2.75) is 0 Å². The highest BCUT2D eigenvalue weighted by Crippen LogP contribution is 2.19. The van der Waals surface area contributed by atoms with E-state index in [1.54, 1.807) is 37.5 Å². The monoisotopic (exact) mass is 299 g/mol. The lowest BCUT2D eigenvalue weighted by molar-refractivity contribution is 0.411. The molecule has 1 heterocycles. The third-order valence-corrected chi connectivity index (χ3v) is 4.08. The summed E-state index contributed by atoms with van der Waals surface area (Å²) < 4.78 is 33.0. The summed E-state index contributed by atoms with van der Waals surface area (Å²) in [7, 11) is -1.46. The van der Waals surface area contributed by atoms with E-state index in [0.717, 1.165) is 0 Å². The van der Waals surface area contributed by atoms with Crippen LogP contribution in [0.15, 0.2) is 36.0 Å². The number of thiocarbonyl (C=S) groups is 1. The first-order valence-electron chi connectivity index (χ1n) is 5.51. The van der Waals surface area contributed by atoms with Crippen LogP contribution in [-0.2, 0) is 9.84 Å². The normalized spacial score (nSPS) is 16.6. The smallest absolute Gasteiger partial charge is 0.266 e. The van der Waals surface area contributed by atoms with E-state index in [-0.39, 0.29) is 16.7 Å². The summed E-state index contributed by atoms with van der Waals surface area (Å²) in [4.78, 5) is 0. The lowest BCUT2D eigenvalue weighted by atomic mass is 10.3. The van der Waals surface area contributed by atoms with Gasteiger partial charge in [0.25, 0.3) is 5.17 Å². The van der Waals surface area contributed by atoms with E-state index >= 15 is 0 Å². The van der Waals surface area contributed by atoms with Gasteiger partial charge in [0, 0.05) is 11.8 Å². The minimum absolute atomic E-state index is 0.0331. The van der Waals surface area contributed by atoms with Crippen molar-refractivity contribution in [2.75, 3.05) is 18.6 Å². The summed E-state index contributed by atoms with van der Waals surface area (Å²) >= 11 is 5.02. The Kier molecular flexibility index (Phi) is 4.06. The minimum atomic E-state index is -3.01. The van der Waals surface area contributed by atoms with Crippen LogP contribution in [0.25, 0.3) is 0 Å². The van der Waals surface area contributed by atoms with E-state index in [4.69, 9.17) is 21.7 Å². The van der Waals surface area contributed by atoms with Gasteiger partial charge >= 0.3 is 0 Å². The molecule has 0 radical (unpaired) electrons. The van der Waals surface area contributed by atoms with Gasteiger partial charge in [-0.1, -0.05) is 6.07 Å². The first-order chi connectivity index (χ1) is 8.98. The molecule has 7 heteroatoms. The number of nitrogens with one attached hydrogen (secondary N) is 1. The molecule has 1 N–H and O–H groups in total. The summed E-state index contributed by atoms with van der Waals surface area (Å²) in [6, 6.07) is 6.98. The van der Waals surface area contributed by atoms with Gasteiger partial charge in [-0.25, -0.2) is 8.42 Å². The Hall–Kier alpha value is -1.60. The Balaban J connectivity index is 1.95. The van der Waals surface area contributed by atoms with E-state index < -0.39 is 9.84 Å². The van der Waals surface area contributed by atoms with Crippen LogP contribution in [0, 0.1) is 0 Å². The molecule has 1 aliphatic heterocycles. The zero-order chi connectivity index (χ0) is 13.9. The molecular weight excluding hydrogens is 286 g/mol. The standard InChI is InChI=1S/C12H13NO4S2/c1-16-10-3-2-4-11(7-10)17-12(18)13-9-5-6-19(14,15)8-9/h2-5,7H,6,8H2,1H3,(H,13,18). The maximum absolute atomic E-state index is 11.3.